The standard InChI is InChI=1S/C6H5F3N2O3/c7-2(8)1-11-5(13)3(9)4(12)10-6(11)14/h2,13H,1H2,(H,10,12,14). The molecule has 14 heavy (non-hydrogen) atoms. The van der Waals surface area contributed by atoms with Crippen molar-refractivity contribution in [2.45, 2.75) is 13.0 Å². The maximum Gasteiger partial charge on any atom is 0.331 e. The molecule has 0 saturated carbocycles. The van der Waals surface area contributed by atoms with Crippen LogP contribution in [0.15, 0.2) is 9.59 Å². The second kappa shape index (κ2) is 3.56. The van der Waals surface area contributed by atoms with E-state index in [1.807, 2.05) is 0 Å². The molecule has 0 radical (unpaired) electrons. The molecule has 0 spiro atoms. The van der Waals surface area contributed by atoms with Gasteiger partial charge in [-0.2, -0.15) is 4.39 Å². The maximum absolute atomic E-state index is 12.6. The van der Waals surface area contributed by atoms with Gasteiger partial charge in [-0.3, -0.25) is 14.3 Å². The Labute approximate surface area is 74.4 Å². The normalized spacial score (nSPS) is 10.9. The number of halogens is 3. The fourth-order valence-electron chi connectivity index (χ4n) is 0.843. The van der Waals surface area contributed by atoms with Crippen LogP contribution in [0, 0.1) is 5.82 Å². The molecule has 1 aromatic rings. The third-order valence-electron chi connectivity index (χ3n) is 1.44. The Morgan fingerprint density at radius 3 is 2.50 bits per heavy atom. The molecule has 2 N–H and O–H groups in total. The number of nitrogens with one attached hydrogen (secondary N) is 1. The van der Waals surface area contributed by atoms with Gasteiger partial charge in [0.25, 0.3) is 12.0 Å². The number of rotatable bonds is 2. The molecule has 0 aromatic carbocycles. The molecule has 0 aliphatic carbocycles. The Bertz CT molecular complexity index is 451. The molecule has 0 fully saturated rings. The highest BCUT2D eigenvalue weighted by molar-refractivity contribution is 5.09. The van der Waals surface area contributed by atoms with Crippen molar-refractivity contribution in [1.82, 2.24) is 9.55 Å². The van der Waals surface area contributed by atoms with E-state index in [9.17, 15) is 22.8 Å². The van der Waals surface area contributed by atoms with Crippen molar-refractivity contribution in [1.29, 1.82) is 0 Å². The second-order valence-electron chi connectivity index (χ2n) is 2.40. The van der Waals surface area contributed by atoms with Gasteiger partial charge in [0.1, 0.15) is 0 Å². The average Bonchev–Trinajstić information content (AvgIpc) is 2.09. The van der Waals surface area contributed by atoms with E-state index in [1.54, 1.807) is 0 Å². The van der Waals surface area contributed by atoms with Gasteiger partial charge in [0.2, 0.25) is 11.7 Å². The minimum atomic E-state index is -2.94. The van der Waals surface area contributed by atoms with E-state index in [2.05, 4.69) is 0 Å². The van der Waals surface area contributed by atoms with Crippen LogP contribution in [-0.2, 0) is 6.54 Å². The Morgan fingerprint density at radius 2 is 2.00 bits per heavy atom. The molecule has 0 bridgehead atoms. The first kappa shape index (κ1) is 10.4. The minimum absolute atomic E-state index is 0.0431. The quantitative estimate of drug-likeness (QED) is 0.700. The number of aromatic hydroxyl groups is 1. The van der Waals surface area contributed by atoms with Gasteiger partial charge in [-0.15, -0.1) is 0 Å². The molecular weight excluding hydrogens is 205 g/mol. The molecule has 0 aliphatic heterocycles. The zero-order valence-electron chi connectivity index (χ0n) is 6.63. The lowest BCUT2D eigenvalue weighted by Crippen LogP contribution is -2.33. The van der Waals surface area contributed by atoms with Crippen molar-refractivity contribution in [3.8, 4) is 5.88 Å². The zero-order chi connectivity index (χ0) is 10.9. The number of hydrogen-bond donors (Lipinski definition) is 2. The van der Waals surface area contributed by atoms with Gasteiger partial charge in [0.15, 0.2) is 0 Å². The topological polar surface area (TPSA) is 75.1 Å². The SMILES string of the molecule is O=c1[nH]c(=O)n(CC(F)F)c(O)c1F. The summed E-state index contributed by atoms with van der Waals surface area (Å²) in [7, 11) is 0. The van der Waals surface area contributed by atoms with Gasteiger partial charge in [0, 0.05) is 0 Å². The van der Waals surface area contributed by atoms with Crippen LogP contribution in [0.3, 0.4) is 0 Å². The van der Waals surface area contributed by atoms with Gasteiger partial charge in [-0.05, 0) is 0 Å². The number of aromatic nitrogens is 2. The van der Waals surface area contributed by atoms with E-state index in [-0.39, 0.29) is 4.57 Å². The van der Waals surface area contributed by atoms with Gasteiger partial charge >= 0.3 is 5.69 Å². The van der Waals surface area contributed by atoms with Crippen molar-refractivity contribution in [3.05, 3.63) is 26.7 Å². The summed E-state index contributed by atoms with van der Waals surface area (Å²) in [5, 5.41) is 8.84. The molecule has 8 heteroatoms. The molecule has 1 rings (SSSR count). The van der Waals surface area contributed by atoms with Crippen LogP contribution in [0.2, 0.25) is 0 Å². The monoisotopic (exact) mass is 210 g/mol. The summed E-state index contributed by atoms with van der Waals surface area (Å²) in [5.41, 5.74) is -2.73. The van der Waals surface area contributed by atoms with Crippen LogP contribution >= 0.6 is 0 Å². The Balaban J connectivity index is 3.37. The minimum Gasteiger partial charge on any atom is -0.492 e. The fourth-order valence-corrected chi connectivity index (χ4v) is 0.843. The lowest BCUT2D eigenvalue weighted by molar-refractivity contribution is 0.119. The summed E-state index contributed by atoms with van der Waals surface area (Å²) >= 11 is 0. The Morgan fingerprint density at radius 1 is 1.43 bits per heavy atom. The van der Waals surface area contributed by atoms with Gasteiger partial charge in [-0.25, -0.2) is 13.6 Å². The molecule has 0 amide bonds. The highest BCUT2D eigenvalue weighted by atomic mass is 19.3. The smallest absolute Gasteiger partial charge is 0.331 e. The summed E-state index contributed by atoms with van der Waals surface area (Å²) in [5.74, 6) is -3.05. The molecule has 0 saturated heterocycles. The van der Waals surface area contributed by atoms with E-state index in [0.29, 0.717) is 0 Å². The van der Waals surface area contributed by atoms with Crippen LogP contribution in [-0.4, -0.2) is 21.1 Å². The van der Waals surface area contributed by atoms with Gasteiger partial charge in [0.05, 0.1) is 6.54 Å². The van der Waals surface area contributed by atoms with Gasteiger partial charge < -0.3 is 5.11 Å². The van der Waals surface area contributed by atoms with Crippen LogP contribution < -0.4 is 11.2 Å². The highest BCUT2D eigenvalue weighted by Crippen LogP contribution is 2.09. The van der Waals surface area contributed by atoms with Crippen LogP contribution in [0.4, 0.5) is 13.2 Å². The number of aromatic amines is 1. The predicted octanol–water partition coefficient (Wildman–Crippen LogP) is -0.354. The molecule has 0 aliphatic rings. The molecule has 0 atom stereocenters. The summed E-state index contributed by atoms with van der Waals surface area (Å²) < 4.78 is 36.3. The third kappa shape index (κ3) is 1.78. The first-order valence-electron chi connectivity index (χ1n) is 3.43. The summed E-state index contributed by atoms with van der Waals surface area (Å²) in [4.78, 5) is 22.7. The molecule has 1 heterocycles. The second-order valence-corrected chi connectivity index (χ2v) is 2.40. The van der Waals surface area contributed by atoms with Crippen LogP contribution in [0.1, 0.15) is 0 Å². The molecular formula is C6H5F3N2O3. The van der Waals surface area contributed by atoms with Gasteiger partial charge in [-0.1, -0.05) is 0 Å². The fraction of sp³-hybridized carbons (Fsp3) is 0.333. The third-order valence-corrected chi connectivity index (χ3v) is 1.44. The number of hydrogen-bond acceptors (Lipinski definition) is 3. The van der Waals surface area contributed by atoms with Crippen molar-refractivity contribution in [2.75, 3.05) is 0 Å². The van der Waals surface area contributed by atoms with E-state index < -0.39 is 35.9 Å². The largest absolute Gasteiger partial charge is 0.492 e. The summed E-state index contributed by atoms with van der Waals surface area (Å²) in [6.07, 6.45) is -2.94. The van der Waals surface area contributed by atoms with Crippen molar-refractivity contribution in [3.63, 3.8) is 0 Å². The van der Waals surface area contributed by atoms with Crippen molar-refractivity contribution < 1.29 is 18.3 Å². The lowest BCUT2D eigenvalue weighted by atomic mass is 10.5. The van der Waals surface area contributed by atoms with Crippen LogP contribution in [0.5, 0.6) is 5.88 Å². The van der Waals surface area contributed by atoms with Crippen molar-refractivity contribution in [2.24, 2.45) is 0 Å². The first-order chi connectivity index (χ1) is 6.43. The van der Waals surface area contributed by atoms with E-state index in [4.69, 9.17) is 5.11 Å². The lowest BCUT2D eigenvalue weighted by Gasteiger charge is -2.06. The number of H-pyrrole nitrogens is 1. The Kier molecular flexibility index (Phi) is 2.63. The zero-order valence-corrected chi connectivity index (χ0v) is 6.63. The van der Waals surface area contributed by atoms with E-state index >= 15 is 0 Å². The van der Waals surface area contributed by atoms with E-state index in [0.717, 1.165) is 0 Å². The summed E-state index contributed by atoms with van der Waals surface area (Å²) in [6.45, 7) is -1.18. The van der Waals surface area contributed by atoms with Crippen LogP contribution in [0.25, 0.3) is 0 Å². The molecule has 0 unspecified atom stereocenters. The molecule has 1 aromatic heterocycles. The number of alkyl halides is 2. The van der Waals surface area contributed by atoms with Crippen molar-refractivity contribution >= 4 is 0 Å². The highest BCUT2D eigenvalue weighted by Gasteiger charge is 2.16. The molecule has 5 nitrogen and oxygen atoms in total. The predicted molar refractivity (Wildman–Crippen MR) is 38.9 cm³/mol. The van der Waals surface area contributed by atoms with E-state index in [1.165, 1.54) is 4.98 Å². The Hall–Kier alpha value is -1.73. The first-order valence-corrected chi connectivity index (χ1v) is 3.43. The summed E-state index contributed by atoms with van der Waals surface area (Å²) in [6, 6.07) is 0. The number of nitrogens with zero attached hydrogens (tertiary/aromatic N) is 1. The molecule has 78 valence electrons. The maximum atomic E-state index is 12.6. The average molecular weight is 210 g/mol.